The summed E-state index contributed by atoms with van der Waals surface area (Å²) in [6.07, 6.45) is 0. The van der Waals surface area contributed by atoms with Gasteiger partial charge in [-0.3, -0.25) is 9.59 Å². The molecular weight excluding hydrogens is 340 g/mol. The maximum absolute atomic E-state index is 11.1. The quantitative estimate of drug-likeness (QED) is 0.820. The van der Waals surface area contributed by atoms with Crippen LogP contribution in [0.15, 0.2) is 24.3 Å². The van der Waals surface area contributed by atoms with E-state index in [0.717, 1.165) is 0 Å². The van der Waals surface area contributed by atoms with Crippen LogP contribution in [0.2, 0.25) is 0 Å². The lowest BCUT2D eigenvalue weighted by atomic mass is 10.2. The smallest absolute Gasteiger partial charge is 0.235 e. The van der Waals surface area contributed by atoms with E-state index >= 15 is 0 Å². The zero-order valence-corrected chi connectivity index (χ0v) is 11.5. The monoisotopic (exact) mass is 348 g/mol. The first-order valence-electron chi connectivity index (χ1n) is 4.47. The number of hydrogen-bond donors (Lipinski definition) is 2. The van der Waals surface area contributed by atoms with Crippen molar-refractivity contribution in [2.45, 2.75) is 0 Å². The third-order valence-corrected chi connectivity index (χ3v) is 2.69. The molecule has 16 heavy (non-hydrogen) atoms. The lowest BCUT2D eigenvalue weighted by Crippen LogP contribution is -2.14. The second kappa shape index (κ2) is 6.65. The molecule has 0 aliphatic heterocycles. The van der Waals surface area contributed by atoms with E-state index in [0.29, 0.717) is 11.4 Å². The minimum absolute atomic E-state index is 0.135. The predicted octanol–water partition coefficient (Wildman–Crippen LogP) is 2.35. The van der Waals surface area contributed by atoms with Crippen molar-refractivity contribution >= 4 is 55.0 Å². The second-order valence-corrected chi connectivity index (χ2v) is 4.07. The number of rotatable bonds is 4. The zero-order chi connectivity index (χ0) is 12.0. The summed E-state index contributed by atoms with van der Waals surface area (Å²) < 4.78 is 0. The van der Waals surface area contributed by atoms with Gasteiger partial charge in [0.15, 0.2) is 0 Å². The van der Waals surface area contributed by atoms with Crippen LogP contribution in [-0.4, -0.2) is 22.5 Å². The Labute approximate surface area is 110 Å². The van der Waals surface area contributed by atoms with Crippen molar-refractivity contribution in [3.8, 4) is 0 Å². The standard InChI is InChI=1S/C10H10Br2N2O2/c11-5-9(15)13-7-2-1-3-8(4-7)14-10(16)6-12/h1-4H,5-6H2,(H,13,15)(H,14,16). The molecule has 0 heterocycles. The summed E-state index contributed by atoms with van der Waals surface area (Å²) in [7, 11) is 0. The van der Waals surface area contributed by atoms with Crippen molar-refractivity contribution in [1.29, 1.82) is 0 Å². The minimum atomic E-state index is -0.135. The van der Waals surface area contributed by atoms with E-state index in [-0.39, 0.29) is 22.5 Å². The molecular formula is C10H10Br2N2O2. The second-order valence-electron chi connectivity index (χ2n) is 2.94. The lowest BCUT2D eigenvalue weighted by molar-refractivity contribution is -0.114. The van der Waals surface area contributed by atoms with Crippen LogP contribution in [0, 0.1) is 0 Å². The highest BCUT2D eigenvalue weighted by molar-refractivity contribution is 9.09. The van der Waals surface area contributed by atoms with Crippen LogP contribution < -0.4 is 10.6 Å². The zero-order valence-electron chi connectivity index (χ0n) is 8.30. The van der Waals surface area contributed by atoms with Crippen molar-refractivity contribution in [2.75, 3.05) is 21.3 Å². The van der Waals surface area contributed by atoms with Crippen molar-refractivity contribution in [1.82, 2.24) is 0 Å². The van der Waals surface area contributed by atoms with Gasteiger partial charge in [0.2, 0.25) is 11.8 Å². The molecule has 6 heteroatoms. The van der Waals surface area contributed by atoms with Crippen molar-refractivity contribution in [3.05, 3.63) is 24.3 Å². The van der Waals surface area contributed by atoms with Gasteiger partial charge >= 0.3 is 0 Å². The molecule has 0 atom stereocenters. The van der Waals surface area contributed by atoms with E-state index in [1.54, 1.807) is 24.3 Å². The summed E-state index contributed by atoms with van der Waals surface area (Å²) in [5.41, 5.74) is 1.30. The maximum Gasteiger partial charge on any atom is 0.235 e. The van der Waals surface area contributed by atoms with E-state index in [4.69, 9.17) is 0 Å². The van der Waals surface area contributed by atoms with Crippen LogP contribution in [-0.2, 0) is 9.59 Å². The Kier molecular flexibility index (Phi) is 5.48. The fraction of sp³-hybridized carbons (Fsp3) is 0.200. The Balaban J connectivity index is 2.71. The molecule has 2 N–H and O–H groups in total. The van der Waals surface area contributed by atoms with Crippen molar-refractivity contribution < 1.29 is 9.59 Å². The molecule has 0 bridgehead atoms. The number of carbonyl (C=O) groups is 2. The van der Waals surface area contributed by atoms with Crippen LogP contribution in [0.3, 0.4) is 0 Å². The van der Waals surface area contributed by atoms with E-state index in [1.807, 2.05) is 0 Å². The van der Waals surface area contributed by atoms with E-state index < -0.39 is 0 Å². The number of alkyl halides is 2. The minimum Gasteiger partial charge on any atom is -0.325 e. The molecule has 0 radical (unpaired) electrons. The lowest BCUT2D eigenvalue weighted by Gasteiger charge is -2.06. The summed E-state index contributed by atoms with van der Waals surface area (Å²) in [6, 6.07) is 6.96. The first kappa shape index (κ1) is 13.2. The molecule has 0 aliphatic rings. The van der Waals surface area contributed by atoms with E-state index in [2.05, 4.69) is 42.5 Å². The summed E-state index contributed by atoms with van der Waals surface area (Å²) in [4.78, 5) is 22.2. The highest BCUT2D eigenvalue weighted by Gasteiger charge is 2.02. The third-order valence-electron chi connectivity index (χ3n) is 1.67. The van der Waals surface area contributed by atoms with Gasteiger partial charge in [-0.2, -0.15) is 0 Å². The molecule has 1 aromatic rings. The highest BCUT2D eigenvalue weighted by Crippen LogP contribution is 2.15. The Bertz CT molecular complexity index is 363. The molecule has 86 valence electrons. The largest absolute Gasteiger partial charge is 0.325 e. The summed E-state index contributed by atoms with van der Waals surface area (Å²) in [6.45, 7) is 0. The molecule has 0 saturated heterocycles. The molecule has 0 unspecified atom stereocenters. The average molecular weight is 350 g/mol. The molecule has 1 aromatic carbocycles. The van der Waals surface area contributed by atoms with Gasteiger partial charge in [-0.15, -0.1) is 0 Å². The Morgan fingerprint density at radius 2 is 1.44 bits per heavy atom. The average Bonchev–Trinajstić information content (AvgIpc) is 2.29. The summed E-state index contributed by atoms with van der Waals surface area (Å²) in [5.74, 6) is -0.270. The van der Waals surface area contributed by atoms with Crippen LogP contribution in [0.5, 0.6) is 0 Å². The van der Waals surface area contributed by atoms with Gasteiger partial charge in [-0.1, -0.05) is 37.9 Å². The SMILES string of the molecule is O=C(CBr)Nc1cccc(NC(=O)CBr)c1. The number of anilines is 2. The first-order chi connectivity index (χ1) is 7.65. The third kappa shape index (κ3) is 4.32. The number of amides is 2. The van der Waals surface area contributed by atoms with Gasteiger partial charge in [-0.05, 0) is 18.2 Å². The van der Waals surface area contributed by atoms with E-state index in [9.17, 15) is 9.59 Å². The van der Waals surface area contributed by atoms with Crippen molar-refractivity contribution in [2.24, 2.45) is 0 Å². The number of nitrogens with one attached hydrogen (secondary N) is 2. The topological polar surface area (TPSA) is 58.2 Å². The van der Waals surface area contributed by atoms with Gasteiger partial charge < -0.3 is 10.6 Å². The fourth-order valence-corrected chi connectivity index (χ4v) is 1.34. The van der Waals surface area contributed by atoms with Gasteiger partial charge in [0.1, 0.15) is 0 Å². The van der Waals surface area contributed by atoms with Gasteiger partial charge in [-0.25, -0.2) is 0 Å². The van der Waals surface area contributed by atoms with Gasteiger partial charge in [0.05, 0.1) is 10.7 Å². The Morgan fingerprint density at radius 3 is 1.81 bits per heavy atom. The normalized spacial score (nSPS) is 9.62. The number of halogens is 2. The van der Waals surface area contributed by atoms with Crippen LogP contribution >= 0.6 is 31.9 Å². The Hall–Kier alpha value is -0.880. The van der Waals surface area contributed by atoms with Crippen molar-refractivity contribution in [3.63, 3.8) is 0 Å². The fourth-order valence-electron chi connectivity index (χ4n) is 1.06. The molecule has 2 amide bonds. The maximum atomic E-state index is 11.1. The van der Waals surface area contributed by atoms with Crippen LogP contribution in [0.1, 0.15) is 0 Å². The summed E-state index contributed by atoms with van der Waals surface area (Å²) >= 11 is 6.11. The predicted molar refractivity (Wildman–Crippen MR) is 71.3 cm³/mol. The van der Waals surface area contributed by atoms with Gasteiger partial charge in [0.25, 0.3) is 0 Å². The molecule has 4 nitrogen and oxygen atoms in total. The number of benzene rings is 1. The summed E-state index contributed by atoms with van der Waals surface area (Å²) in [5, 5.41) is 5.83. The molecule has 0 saturated carbocycles. The molecule has 0 fully saturated rings. The van der Waals surface area contributed by atoms with E-state index in [1.165, 1.54) is 0 Å². The molecule has 0 aromatic heterocycles. The molecule has 0 aliphatic carbocycles. The molecule has 1 rings (SSSR count). The van der Waals surface area contributed by atoms with Gasteiger partial charge in [0, 0.05) is 11.4 Å². The number of hydrogen-bond acceptors (Lipinski definition) is 2. The number of carbonyl (C=O) groups excluding carboxylic acids is 2. The first-order valence-corrected chi connectivity index (χ1v) is 6.71. The van der Waals surface area contributed by atoms with Crippen LogP contribution in [0.4, 0.5) is 11.4 Å². The Morgan fingerprint density at radius 1 is 1.00 bits per heavy atom. The molecule has 0 spiro atoms. The van der Waals surface area contributed by atoms with Crippen LogP contribution in [0.25, 0.3) is 0 Å². The highest BCUT2D eigenvalue weighted by atomic mass is 79.9.